The lowest BCUT2D eigenvalue weighted by Crippen LogP contribution is -2.11. The third kappa shape index (κ3) is 1.92. The standard InChI is InChI=1S/C11H13ClO2/c1-8-4-2-3-5-10(8)11-13-7-9(6-12)14-11/h2-5,9,11H,6-7H2,1H3. The number of benzene rings is 1. The Kier molecular flexibility index (Phi) is 3.06. The molecule has 0 bridgehead atoms. The summed E-state index contributed by atoms with van der Waals surface area (Å²) in [6, 6.07) is 8.07. The molecule has 1 aromatic carbocycles. The molecular formula is C11H13ClO2. The van der Waals surface area contributed by atoms with Crippen LogP contribution in [-0.4, -0.2) is 18.6 Å². The van der Waals surface area contributed by atoms with Gasteiger partial charge < -0.3 is 9.47 Å². The maximum atomic E-state index is 5.70. The Bertz CT molecular complexity index is 314. The molecule has 2 unspecified atom stereocenters. The highest BCUT2D eigenvalue weighted by Crippen LogP contribution is 2.29. The molecule has 14 heavy (non-hydrogen) atoms. The Hall–Kier alpha value is -0.570. The molecule has 1 fully saturated rings. The van der Waals surface area contributed by atoms with Gasteiger partial charge in [0.1, 0.15) is 0 Å². The molecule has 1 saturated heterocycles. The number of aryl methyl sites for hydroxylation is 1. The van der Waals surface area contributed by atoms with Crippen molar-refractivity contribution in [2.24, 2.45) is 0 Å². The van der Waals surface area contributed by atoms with Crippen molar-refractivity contribution in [2.75, 3.05) is 12.5 Å². The molecular weight excluding hydrogens is 200 g/mol. The Morgan fingerprint density at radius 2 is 2.21 bits per heavy atom. The van der Waals surface area contributed by atoms with Crippen LogP contribution in [0.15, 0.2) is 24.3 Å². The molecule has 0 aliphatic carbocycles. The summed E-state index contributed by atoms with van der Waals surface area (Å²) in [7, 11) is 0. The fourth-order valence-electron chi connectivity index (χ4n) is 1.54. The van der Waals surface area contributed by atoms with Crippen molar-refractivity contribution in [3.8, 4) is 0 Å². The predicted molar refractivity (Wildman–Crippen MR) is 55.5 cm³/mol. The zero-order valence-electron chi connectivity index (χ0n) is 8.07. The third-order valence-electron chi connectivity index (χ3n) is 2.36. The summed E-state index contributed by atoms with van der Waals surface area (Å²) in [6.45, 7) is 2.64. The van der Waals surface area contributed by atoms with Crippen LogP contribution >= 0.6 is 11.6 Å². The van der Waals surface area contributed by atoms with Crippen molar-refractivity contribution in [3.63, 3.8) is 0 Å². The Labute approximate surface area is 88.8 Å². The van der Waals surface area contributed by atoms with E-state index in [1.807, 2.05) is 18.2 Å². The third-order valence-corrected chi connectivity index (χ3v) is 2.71. The second-order valence-corrected chi connectivity index (χ2v) is 3.74. The molecule has 0 saturated carbocycles. The summed E-state index contributed by atoms with van der Waals surface area (Å²) in [5.74, 6) is 0.488. The lowest BCUT2D eigenvalue weighted by molar-refractivity contribution is -0.0571. The average molecular weight is 213 g/mol. The van der Waals surface area contributed by atoms with E-state index in [1.54, 1.807) is 0 Å². The van der Waals surface area contributed by atoms with E-state index < -0.39 is 0 Å². The number of hydrogen-bond acceptors (Lipinski definition) is 2. The molecule has 2 rings (SSSR count). The van der Waals surface area contributed by atoms with Crippen molar-refractivity contribution in [1.82, 2.24) is 0 Å². The van der Waals surface area contributed by atoms with Crippen LogP contribution < -0.4 is 0 Å². The summed E-state index contributed by atoms with van der Waals surface area (Å²) in [5.41, 5.74) is 2.29. The maximum Gasteiger partial charge on any atom is 0.184 e. The van der Waals surface area contributed by atoms with Gasteiger partial charge in [0, 0.05) is 5.56 Å². The van der Waals surface area contributed by atoms with Crippen molar-refractivity contribution < 1.29 is 9.47 Å². The van der Waals surface area contributed by atoms with Crippen LogP contribution in [0.2, 0.25) is 0 Å². The van der Waals surface area contributed by atoms with Crippen LogP contribution in [0.25, 0.3) is 0 Å². The van der Waals surface area contributed by atoms with E-state index in [1.165, 1.54) is 5.56 Å². The number of ether oxygens (including phenoxy) is 2. The predicted octanol–water partition coefficient (Wildman–Crippen LogP) is 2.65. The van der Waals surface area contributed by atoms with Gasteiger partial charge in [0.05, 0.1) is 18.6 Å². The molecule has 1 aromatic rings. The number of rotatable bonds is 2. The molecule has 1 aliphatic rings. The van der Waals surface area contributed by atoms with Crippen molar-refractivity contribution in [3.05, 3.63) is 35.4 Å². The van der Waals surface area contributed by atoms with E-state index in [9.17, 15) is 0 Å². The number of alkyl halides is 1. The van der Waals surface area contributed by atoms with Crippen LogP contribution in [0.4, 0.5) is 0 Å². The monoisotopic (exact) mass is 212 g/mol. The lowest BCUT2D eigenvalue weighted by Gasteiger charge is -2.12. The van der Waals surface area contributed by atoms with Crippen LogP contribution in [0.1, 0.15) is 17.4 Å². The first kappa shape index (κ1) is 9.97. The van der Waals surface area contributed by atoms with Gasteiger partial charge in [-0.3, -0.25) is 0 Å². The fourth-order valence-corrected chi connectivity index (χ4v) is 1.71. The van der Waals surface area contributed by atoms with Gasteiger partial charge in [-0.1, -0.05) is 24.3 Å². The highest BCUT2D eigenvalue weighted by Gasteiger charge is 2.27. The van der Waals surface area contributed by atoms with Gasteiger partial charge >= 0.3 is 0 Å². The first-order valence-corrected chi connectivity index (χ1v) is 5.23. The highest BCUT2D eigenvalue weighted by molar-refractivity contribution is 6.18. The number of halogens is 1. The van der Waals surface area contributed by atoms with E-state index in [-0.39, 0.29) is 12.4 Å². The topological polar surface area (TPSA) is 18.5 Å². The minimum atomic E-state index is -0.236. The van der Waals surface area contributed by atoms with Gasteiger partial charge in [0.2, 0.25) is 0 Å². The van der Waals surface area contributed by atoms with Gasteiger partial charge in [0.15, 0.2) is 6.29 Å². The molecule has 0 spiro atoms. The van der Waals surface area contributed by atoms with Gasteiger partial charge in [0.25, 0.3) is 0 Å². The first-order valence-electron chi connectivity index (χ1n) is 4.70. The first-order chi connectivity index (χ1) is 6.81. The molecule has 0 amide bonds. The van der Waals surface area contributed by atoms with Crippen molar-refractivity contribution in [2.45, 2.75) is 19.3 Å². The molecule has 76 valence electrons. The number of hydrogen-bond donors (Lipinski definition) is 0. The van der Waals surface area contributed by atoms with E-state index in [0.29, 0.717) is 12.5 Å². The second-order valence-electron chi connectivity index (χ2n) is 3.43. The zero-order chi connectivity index (χ0) is 9.97. The average Bonchev–Trinajstić information content (AvgIpc) is 2.67. The lowest BCUT2D eigenvalue weighted by atomic mass is 10.1. The molecule has 1 aliphatic heterocycles. The molecule has 1 heterocycles. The van der Waals surface area contributed by atoms with E-state index >= 15 is 0 Å². The molecule has 0 N–H and O–H groups in total. The minimum absolute atomic E-state index is 0.0290. The molecule has 2 atom stereocenters. The summed E-state index contributed by atoms with van der Waals surface area (Å²) in [6.07, 6.45) is -0.207. The summed E-state index contributed by atoms with van der Waals surface area (Å²) >= 11 is 5.70. The Morgan fingerprint density at radius 3 is 2.86 bits per heavy atom. The molecule has 0 radical (unpaired) electrons. The maximum absolute atomic E-state index is 5.70. The normalized spacial score (nSPS) is 26.7. The van der Waals surface area contributed by atoms with Gasteiger partial charge in [-0.15, -0.1) is 11.6 Å². The molecule has 2 nitrogen and oxygen atoms in total. The van der Waals surface area contributed by atoms with E-state index in [0.717, 1.165) is 5.56 Å². The van der Waals surface area contributed by atoms with Crippen LogP contribution in [0.5, 0.6) is 0 Å². The van der Waals surface area contributed by atoms with Crippen LogP contribution in [0, 0.1) is 6.92 Å². The van der Waals surface area contributed by atoms with Gasteiger partial charge in [-0.05, 0) is 12.5 Å². The van der Waals surface area contributed by atoms with E-state index in [2.05, 4.69) is 13.0 Å². The summed E-state index contributed by atoms with van der Waals surface area (Å²) in [4.78, 5) is 0. The molecule has 3 heteroatoms. The van der Waals surface area contributed by atoms with Crippen molar-refractivity contribution >= 4 is 11.6 Å². The Morgan fingerprint density at radius 1 is 1.43 bits per heavy atom. The quantitative estimate of drug-likeness (QED) is 0.702. The van der Waals surface area contributed by atoms with Crippen LogP contribution in [0.3, 0.4) is 0 Å². The van der Waals surface area contributed by atoms with Crippen LogP contribution in [-0.2, 0) is 9.47 Å². The van der Waals surface area contributed by atoms with Gasteiger partial charge in [-0.2, -0.15) is 0 Å². The second kappa shape index (κ2) is 4.30. The minimum Gasteiger partial charge on any atom is -0.346 e. The SMILES string of the molecule is Cc1ccccc1C1OCC(CCl)O1. The van der Waals surface area contributed by atoms with Gasteiger partial charge in [-0.25, -0.2) is 0 Å². The molecule has 0 aromatic heterocycles. The largest absolute Gasteiger partial charge is 0.346 e. The van der Waals surface area contributed by atoms with Crippen molar-refractivity contribution in [1.29, 1.82) is 0 Å². The fraction of sp³-hybridized carbons (Fsp3) is 0.455. The zero-order valence-corrected chi connectivity index (χ0v) is 8.83. The van der Waals surface area contributed by atoms with E-state index in [4.69, 9.17) is 21.1 Å². The smallest absolute Gasteiger partial charge is 0.184 e. The summed E-state index contributed by atoms with van der Waals surface area (Å²) in [5, 5.41) is 0. The summed E-state index contributed by atoms with van der Waals surface area (Å²) < 4.78 is 11.1. The highest BCUT2D eigenvalue weighted by atomic mass is 35.5. The Balaban J connectivity index is 2.13.